The van der Waals surface area contributed by atoms with E-state index in [4.69, 9.17) is 0 Å². The van der Waals surface area contributed by atoms with Gasteiger partial charge < -0.3 is 5.32 Å². The molecule has 8 heteroatoms. The zero-order valence-electron chi connectivity index (χ0n) is 15.5. The lowest BCUT2D eigenvalue weighted by Crippen LogP contribution is -2.23. The van der Waals surface area contributed by atoms with Crippen molar-refractivity contribution in [1.29, 1.82) is 0 Å². The second-order valence-corrected chi connectivity index (χ2v) is 6.67. The molecule has 1 aliphatic rings. The number of amides is 1. The average Bonchev–Trinajstić information content (AvgIpc) is 3.39. The second kappa shape index (κ2) is 8.51. The molecule has 4 rings (SSSR count). The molecule has 0 spiro atoms. The summed E-state index contributed by atoms with van der Waals surface area (Å²) in [6.45, 7) is 1.07. The number of nitrogens with zero attached hydrogens (tertiary/aromatic N) is 6. The van der Waals surface area contributed by atoms with Gasteiger partial charge in [-0.25, -0.2) is 0 Å². The first-order valence-corrected chi connectivity index (χ1v) is 9.38. The lowest BCUT2D eigenvalue weighted by Gasteiger charge is -2.03. The molecule has 28 heavy (non-hydrogen) atoms. The minimum absolute atomic E-state index is 0.252. The van der Waals surface area contributed by atoms with E-state index in [0.29, 0.717) is 18.8 Å². The summed E-state index contributed by atoms with van der Waals surface area (Å²) in [5.74, 6) is -0.252. The molecule has 0 bridgehead atoms. The summed E-state index contributed by atoms with van der Waals surface area (Å²) < 4.78 is 1.70. The maximum atomic E-state index is 12.2. The molecule has 0 unspecified atom stereocenters. The molecule has 1 aliphatic carbocycles. The number of unbranched alkanes of at least 4 members (excludes halogenated alkanes) is 1. The minimum atomic E-state index is -0.252. The van der Waals surface area contributed by atoms with Crippen molar-refractivity contribution in [1.82, 2.24) is 35.5 Å². The first kappa shape index (κ1) is 18.0. The summed E-state index contributed by atoms with van der Waals surface area (Å²) in [5.41, 5.74) is 4.36. The first-order chi connectivity index (χ1) is 13.8. The van der Waals surface area contributed by atoms with Crippen LogP contribution >= 0.6 is 0 Å². The number of pyridine rings is 1. The van der Waals surface area contributed by atoms with Crippen LogP contribution in [0.5, 0.6) is 0 Å². The maximum absolute atomic E-state index is 12.2. The van der Waals surface area contributed by atoms with Gasteiger partial charge in [0, 0.05) is 19.2 Å². The Balaban J connectivity index is 1.21. The summed E-state index contributed by atoms with van der Waals surface area (Å²) in [7, 11) is 0. The SMILES string of the molecule is O=C(NCc1ccccn1)c1cn(CCCCc2cc3c(nn2)CC=C3)nn1. The van der Waals surface area contributed by atoms with E-state index in [-0.39, 0.29) is 5.91 Å². The first-order valence-electron chi connectivity index (χ1n) is 9.38. The highest BCUT2D eigenvalue weighted by Gasteiger charge is 2.11. The van der Waals surface area contributed by atoms with Crippen molar-refractivity contribution in [3.8, 4) is 0 Å². The standard InChI is InChI=1S/C20H21N7O/c28-20(22-13-17-8-1-3-10-21-17)19-14-27(26-25-19)11-4-2-7-16-12-15-6-5-9-18(15)24-23-16/h1,3,5-6,8,10,12,14H,2,4,7,9,11,13H2,(H,22,28). The summed E-state index contributed by atoms with van der Waals surface area (Å²) in [6.07, 6.45) is 11.2. The zero-order valence-corrected chi connectivity index (χ0v) is 15.5. The van der Waals surface area contributed by atoms with Gasteiger partial charge in [0.25, 0.3) is 5.91 Å². The number of fused-ring (bicyclic) bond motifs is 1. The minimum Gasteiger partial charge on any atom is -0.345 e. The Labute approximate surface area is 162 Å². The van der Waals surface area contributed by atoms with Crippen molar-refractivity contribution < 1.29 is 4.79 Å². The lowest BCUT2D eigenvalue weighted by atomic mass is 10.1. The van der Waals surface area contributed by atoms with Crippen molar-refractivity contribution in [3.05, 3.63) is 71.1 Å². The zero-order chi connectivity index (χ0) is 19.2. The van der Waals surface area contributed by atoms with E-state index in [1.54, 1.807) is 17.1 Å². The Kier molecular flexibility index (Phi) is 5.46. The molecule has 8 nitrogen and oxygen atoms in total. The van der Waals surface area contributed by atoms with E-state index in [2.05, 4.69) is 49.0 Å². The van der Waals surface area contributed by atoms with Crippen LogP contribution in [-0.4, -0.2) is 36.1 Å². The third-order valence-corrected chi connectivity index (χ3v) is 4.56. The van der Waals surface area contributed by atoms with Gasteiger partial charge in [-0.3, -0.25) is 14.5 Å². The Morgan fingerprint density at radius 3 is 3.00 bits per heavy atom. The fourth-order valence-corrected chi connectivity index (χ4v) is 3.05. The molecular weight excluding hydrogens is 354 g/mol. The fraction of sp³-hybridized carbons (Fsp3) is 0.300. The molecule has 0 atom stereocenters. The van der Waals surface area contributed by atoms with Crippen LogP contribution in [0.25, 0.3) is 6.08 Å². The van der Waals surface area contributed by atoms with Crippen LogP contribution in [-0.2, 0) is 25.9 Å². The van der Waals surface area contributed by atoms with Crippen LogP contribution in [0.2, 0.25) is 0 Å². The normalized spacial score (nSPS) is 12.1. The topological polar surface area (TPSA) is 98.5 Å². The van der Waals surface area contributed by atoms with E-state index in [9.17, 15) is 4.79 Å². The number of nitrogens with one attached hydrogen (secondary N) is 1. The molecule has 3 aromatic heterocycles. The van der Waals surface area contributed by atoms with Gasteiger partial charge in [-0.2, -0.15) is 10.2 Å². The van der Waals surface area contributed by atoms with Crippen LogP contribution < -0.4 is 5.32 Å². The molecule has 3 aromatic rings. The molecule has 142 valence electrons. The van der Waals surface area contributed by atoms with Crippen LogP contribution in [0.4, 0.5) is 0 Å². The Hall–Kier alpha value is -3.42. The van der Waals surface area contributed by atoms with Crippen molar-refractivity contribution in [2.45, 2.75) is 38.8 Å². The predicted octanol–water partition coefficient (Wildman–Crippen LogP) is 1.99. The van der Waals surface area contributed by atoms with Gasteiger partial charge in [0.05, 0.1) is 29.8 Å². The molecule has 0 saturated carbocycles. The van der Waals surface area contributed by atoms with Gasteiger partial charge in [0.2, 0.25) is 0 Å². The Morgan fingerprint density at radius 1 is 1.14 bits per heavy atom. The van der Waals surface area contributed by atoms with Crippen molar-refractivity contribution in [3.63, 3.8) is 0 Å². The summed E-state index contributed by atoms with van der Waals surface area (Å²) in [6, 6.07) is 7.70. The van der Waals surface area contributed by atoms with E-state index in [0.717, 1.165) is 42.8 Å². The summed E-state index contributed by atoms with van der Waals surface area (Å²) >= 11 is 0. The number of carbonyl (C=O) groups is 1. The highest BCUT2D eigenvalue weighted by Crippen LogP contribution is 2.17. The molecule has 0 saturated heterocycles. The molecule has 1 N–H and O–H groups in total. The predicted molar refractivity (Wildman–Crippen MR) is 103 cm³/mol. The van der Waals surface area contributed by atoms with Gasteiger partial charge in [0.1, 0.15) is 0 Å². The highest BCUT2D eigenvalue weighted by atomic mass is 16.2. The van der Waals surface area contributed by atoms with Crippen LogP contribution in [0.3, 0.4) is 0 Å². The molecule has 0 fully saturated rings. The number of hydrogen-bond acceptors (Lipinski definition) is 6. The third-order valence-electron chi connectivity index (χ3n) is 4.56. The number of aromatic nitrogens is 6. The number of hydrogen-bond donors (Lipinski definition) is 1. The number of rotatable bonds is 8. The van der Waals surface area contributed by atoms with Crippen LogP contribution in [0, 0.1) is 0 Å². The number of allylic oxidation sites excluding steroid dienone is 1. The Bertz CT molecular complexity index is 981. The summed E-state index contributed by atoms with van der Waals surface area (Å²) in [4.78, 5) is 16.3. The van der Waals surface area contributed by atoms with Crippen LogP contribution in [0.15, 0.2) is 42.7 Å². The molecule has 0 radical (unpaired) electrons. The Morgan fingerprint density at radius 2 is 2.11 bits per heavy atom. The number of aryl methyl sites for hydroxylation is 2. The molecule has 0 aliphatic heterocycles. The largest absolute Gasteiger partial charge is 0.345 e. The van der Waals surface area contributed by atoms with Gasteiger partial charge in [-0.15, -0.1) is 5.10 Å². The summed E-state index contributed by atoms with van der Waals surface area (Å²) in [5, 5.41) is 19.3. The average molecular weight is 375 g/mol. The number of carbonyl (C=O) groups excluding carboxylic acids is 1. The van der Waals surface area contributed by atoms with Gasteiger partial charge in [-0.05, 0) is 43.0 Å². The molecule has 3 heterocycles. The second-order valence-electron chi connectivity index (χ2n) is 6.67. The smallest absolute Gasteiger partial charge is 0.273 e. The molecule has 1 amide bonds. The van der Waals surface area contributed by atoms with E-state index in [1.165, 1.54) is 5.56 Å². The van der Waals surface area contributed by atoms with Crippen LogP contribution in [0.1, 0.15) is 46.0 Å². The van der Waals surface area contributed by atoms with Gasteiger partial charge in [-0.1, -0.05) is 23.4 Å². The van der Waals surface area contributed by atoms with E-state index in [1.807, 2.05) is 18.2 Å². The highest BCUT2D eigenvalue weighted by molar-refractivity contribution is 5.91. The lowest BCUT2D eigenvalue weighted by molar-refractivity contribution is 0.0945. The van der Waals surface area contributed by atoms with Crippen molar-refractivity contribution in [2.24, 2.45) is 0 Å². The van der Waals surface area contributed by atoms with Gasteiger partial charge >= 0.3 is 0 Å². The monoisotopic (exact) mass is 375 g/mol. The fourth-order valence-electron chi connectivity index (χ4n) is 3.05. The quantitative estimate of drug-likeness (QED) is 0.605. The third kappa shape index (κ3) is 4.46. The maximum Gasteiger partial charge on any atom is 0.273 e. The van der Waals surface area contributed by atoms with E-state index >= 15 is 0 Å². The van der Waals surface area contributed by atoms with Crippen molar-refractivity contribution >= 4 is 12.0 Å². The van der Waals surface area contributed by atoms with Gasteiger partial charge in [0.15, 0.2) is 5.69 Å². The molecule has 0 aromatic carbocycles. The van der Waals surface area contributed by atoms with E-state index < -0.39 is 0 Å². The van der Waals surface area contributed by atoms with Crippen molar-refractivity contribution in [2.75, 3.05) is 0 Å². The molecular formula is C20H21N7O.